The van der Waals surface area contributed by atoms with Crippen LogP contribution in [0.25, 0.3) is 5.69 Å². The number of carbonyl (C=O) groups is 2. The van der Waals surface area contributed by atoms with Crippen molar-refractivity contribution in [1.82, 2.24) is 9.78 Å². The van der Waals surface area contributed by atoms with E-state index in [0.717, 1.165) is 6.42 Å². The molecule has 120 valence electrons. The smallest absolute Gasteiger partial charge is 0.339 e. The lowest BCUT2D eigenvalue weighted by Crippen LogP contribution is -2.16. The van der Waals surface area contributed by atoms with E-state index in [1.54, 1.807) is 17.7 Å². The summed E-state index contributed by atoms with van der Waals surface area (Å²) < 4.78 is 1.56. The molecular weight excluding hydrogens is 294 g/mol. The van der Waals surface area contributed by atoms with Gasteiger partial charge in [0.15, 0.2) is 0 Å². The van der Waals surface area contributed by atoms with Gasteiger partial charge in [-0.1, -0.05) is 19.9 Å². The third kappa shape index (κ3) is 2.84. The molecule has 1 heterocycles. The van der Waals surface area contributed by atoms with Crippen molar-refractivity contribution in [2.24, 2.45) is 11.3 Å². The zero-order valence-electron chi connectivity index (χ0n) is 13.3. The highest BCUT2D eigenvalue weighted by atomic mass is 16.4. The van der Waals surface area contributed by atoms with Crippen LogP contribution >= 0.6 is 0 Å². The Kier molecular flexibility index (Phi) is 3.47. The second-order valence-electron chi connectivity index (χ2n) is 6.65. The first-order chi connectivity index (χ1) is 10.8. The second-order valence-corrected chi connectivity index (χ2v) is 6.65. The number of aromatic carboxylic acids is 1. The summed E-state index contributed by atoms with van der Waals surface area (Å²) in [7, 11) is 0. The first kappa shape index (κ1) is 15.3. The van der Waals surface area contributed by atoms with Crippen molar-refractivity contribution in [3.63, 3.8) is 0 Å². The molecule has 1 aliphatic carbocycles. The highest BCUT2D eigenvalue weighted by Gasteiger charge is 2.50. The lowest BCUT2D eigenvalue weighted by molar-refractivity contribution is -0.118. The van der Waals surface area contributed by atoms with Crippen LogP contribution in [0.2, 0.25) is 0 Å². The number of nitrogens with one attached hydrogen (secondary N) is 1. The molecule has 1 unspecified atom stereocenters. The van der Waals surface area contributed by atoms with E-state index in [1.165, 1.54) is 6.20 Å². The number of amides is 1. The van der Waals surface area contributed by atoms with Gasteiger partial charge >= 0.3 is 5.97 Å². The fourth-order valence-electron chi connectivity index (χ4n) is 2.74. The number of rotatable bonds is 4. The van der Waals surface area contributed by atoms with Crippen LogP contribution in [0.1, 0.15) is 36.3 Å². The van der Waals surface area contributed by atoms with Crippen molar-refractivity contribution < 1.29 is 14.7 Å². The number of hydrogen-bond donors (Lipinski definition) is 2. The normalized spacial score (nSPS) is 18.5. The molecule has 0 saturated heterocycles. The van der Waals surface area contributed by atoms with Crippen LogP contribution in [-0.4, -0.2) is 26.8 Å². The van der Waals surface area contributed by atoms with E-state index in [-0.39, 0.29) is 22.8 Å². The van der Waals surface area contributed by atoms with E-state index in [9.17, 15) is 9.59 Å². The molecular formula is C17H19N3O3. The number of benzene rings is 1. The van der Waals surface area contributed by atoms with Gasteiger partial charge in [0.1, 0.15) is 5.56 Å². The Balaban J connectivity index is 1.83. The molecule has 0 bridgehead atoms. The van der Waals surface area contributed by atoms with Gasteiger partial charge in [0.2, 0.25) is 5.91 Å². The predicted molar refractivity (Wildman–Crippen MR) is 85.8 cm³/mol. The molecule has 0 spiro atoms. The molecule has 0 radical (unpaired) electrons. The quantitative estimate of drug-likeness (QED) is 0.909. The maximum atomic E-state index is 12.2. The number of aromatic nitrogens is 2. The largest absolute Gasteiger partial charge is 0.478 e. The molecule has 2 aromatic rings. The zero-order valence-corrected chi connectivity index (χ0v) is 13.3. The summed E-state index contributed by atoms with van der Waals surface area (Å²) >= 11 is 0. The van der Waals surface area contributed by atoms with Crippen LogP contribution < -0.4 is 5.32 Å². The summed E-state index contributed by atoms with van der Waals surface area (Å²) in [5.41, 5.74) is 2.18. The summed E-state index contributed by atoms with van der Waals surface area (Å²) in [4.78, 5) is 23.3. The van der Waals surface area contributed by atoms with Crippen LogP contribution in [-0.2, 0) is 4.79 Å². The summed E-state index contributed by atoms with van der Waals surface area (Å²) in [5, 5.41) is 16.1. The standard InChI is InChI=1S/C17H19N3O3/c1-10-13(16(22)23)9-18-20(10)12-6-4-5-11(7-12)19-15(21)14-8-17(14,2)3/h4-7,9,14H,8H2,1-3H3,(H,19,21)(H,22,23). The summed E-state index contributed by atoms with van der Waals surface area (Å²) in [6.07, 6.45) is 2.23. The molecule has 1 fully saturated rings. The van der Waals surface area contributed by atoms with E-state index in [2.05, 4.69) is 24.3 Å². The topological polar surface area (TPSA) is 84.2 Å². The third-order valence-electron chi connectivity index (χ3n) is 4.43. The molecule has 0 aliphatic heterocycles. The van der Waals surface area contributed by atoms with E-state index >= 15 is 0 Å². The van der Waals surface area contributed by atoms with Crippen molar-refractivity contribution in [2.45, 2.75) is 27.2 Å². The predicted octanol–water partition coefficient (Wildman–Crippen LogP) is 2.86. The Hall–Kier alpha value is -2.63. The lowest BCUT2D eigenvalue weighted by atomic mass is 10.1. The first-order valence-electron chi connectivity index (χ1n) is 7.49. The Morgan fingerprint density at radius 1 is 1.39 bits per heavy atom. The van der Waals surface area contributed by atoms with Gasteiger partial charge in [-0.2, -0.15) is 5.10 Å². The van der Waals surface area contributed by atoms with E-state index < -0.39 is 5.97 Å². The molecule has 3 rings (SSSR count). The van der Waals surface area contributed by atoms with Crippen molar-refractivity contribution >= 4 is 17.6 Å². The fraction of sp³-hybridized carbons (Fsp3) is 0.353. The van der Waals surface area contributed by atoms with Crippen LogP contribution in [0.15, 0.2) is 30.5 Å². The minimum absolute atomic E-state index is 0.0237. The molecule has 23 heavy (non-hydrogen) atoms. The third-order valence-corrected chi connectivity index (χ3v) is 4.43. The number of hydrogen-bond acceptors (Lipinski definition) is 3. The highest BCUT2D eigenvalue weighted by Crippen LogP contribution is 2.52. The van der Waals surface area contributed by atoms with Gasteiger partial charge in [-0.15, -0.1) is 0 Å². The highest BCUT2D eigenvalue weighted by molar-refractivity contribution is 5.95. The summed E-state index contributed by atoms with van der Waals surface area (Å²) in [5.74, 6) is -0.930. The van der Waals surface area contributed by atoms with Crippen molar-refractivity contribution in [3.8, 4) is 5.69 Å². The van der Waals surface area contributed by atoms with E-state index in [1.807, 2.05) is 18.2 Å². The van der Waals surface area contributed by atoms with Crippen molar-refractivity contribution in [2.75, 3.05) is 5.32 Å². The monoisotopic (exact) mass is 313 g/mol. The van der Waals surface area contributed by atoms with Gasteiger partial charge in [0.05, 0.1) is 17.6 Å². The van der Waals surface area contributed by atoms with Gasteiger partial charge in [-0.05, 0) is 37.0 Å². The Morgan fingerprint density at radius 3 is 2.65 bits per heavy atom. The minimum atomic E-state index is -1.01. The lowest BCUT2D eigenvalue weighted by Gasteiger charge is -2.10. The summed E-state index contributed by atoms with van der Waals surface area (Å²) in [6, 6.07) is 7.24. The van der Waals surface area contributed by atoms with Gasteiger partial charge < -0.3 is 10.4 Å². The number of carboxylic acids is 1. The van der Waals surface area contributed by atoms with E-state index in [0.29, 0.717) is 17.1 Å². The number of carbonyl (C=O) groups excluding carboxylic acids is 1. The van der Waals surface area contributed by atoms with Gasteiger partial charge in [-0.25, -0.2) is 9.48 Å². The molecule has 1 atom stereocenters. The molecule has 1 amide bonds. The molecule has 6 nitrogen and oxygen atoms in total. The number of carboxylic acid groups (broad SMARTS) is 1. The van der Waals surface area contributed by atoms with Crippen LogP contribution in [0.5, 0.6) is 0 Å². The SMILES string of the molecule is Cc1c(C(=O)O)cnn1-c1cccc(NC(=O)C2CC2(C)C)c1. The van der Waals surface area contributed by atoms with Crippen molar-refractivity contribution in [3.05, 3.63) is 41.7 Å². The zero-order chi connectivity index (χ0) is 16.8. The molecule has 6 heteroatoms. The van der Waals surface area contributed by atoms with Crippen molar-refractivity contribution in [1.29, 1.82) is 0 Å². The van der Waals surface area contributed by atoms with Gasteiger partial charge in [-0.3, -0.25) is 4.79 Å². The second kappa shape index (κ2) is 5.22. The van der Waals surface area contributed by atoms with Crippen LogP contribution in [0.4, 0.5) is 5.69 Å². The minimum Gasteiger partial charge on any atom is -0.478 e. The maximum absolute atomic E-state index is 12.2. The van der Waals surface area contributed by atoms with E-state index in [4.69, 9.17) is 5.11 Å². The Bertz CT molecular complexity index is 792. The van der Waals surface area contributed by atoms with Gasteiger partial charge in [0, 0.05) is 11.6 Å². The fourth-order valence-corrected chi connectivity index (χ4v) is 2.74. The Labute approximate surface area is 134 Å². The summed E-state index contributed by atoms with van der Waals surface area (Å²) in [6.45, 7) is 5.86. The Morgan fingerprint density at radius 2 is 2.09 bits per heavy atom. The van der Waals surface area contributed by atoms with Crippen LogP contribution in [0, 0.1) is 18.3 Å². The number of nitrogens with zero attached hydrogens (tertiary/aromatic N) is 2. The molecule has 1 saturated carbocycles. The van der Waals surface area contributed by atoms with Crippen LogP contribution in [0.3, 0.4) is 0 Å². The molecule has 1 aromatic heterocycles. The van der Waals surface area contributed by atoms with Gasteiger partial charge in [0.25, 0.3) is 0 Å². The number of anilines is 1. The molecule has 1 aromatic carbocycles. The average Bonchev–Trinajstić information content (AvgIpc) is 2.94. The maximum Gasteiger partial charge on any atom is 0.339 e. The average molecular weight is 313 g/mol. The molecule has 2 N–H and O–H groups in total. The molecule has 1 aliphatic rings. The first-order valence-corrected chi connectivity index (χ1v) is 7.49.